The van der Waals surface area contributed by atoms with Crippen molar-refractivity contribution in [2.24, 2.45) is 4.99 Å². The molecule has 1 fully saturated rings. The molecule has 1 aromatic carbocycles. The molecular formula is C22H33IN4O3. The Hall–Kier alpha value is -1.94. The first-order chi connectivity index (χ1) is 14.3. The van der Waals surface area contributed by atoms with Gasteiger partial charge in [0, 0.05) is 38.8 Å². The fourth-order valence-electron chi connectivity index (χ4n) is 3.43. The molecular weight excluding hydrogens is 495 g/mol. The lowest BCUT2D eigenvalue weighted by Gasteiger charge is -2.22. The third kappa shape index (κ3) is 7.39. The van der Waals surface area contributed by atoms with Crippen LogP contribution in [0.4, 0.5) is 5.69 Å². The zero-order chi connectivity index (χ0) is 20.3. The minimum Gasteiger partial charge on any atom is -0.495 e. The molecule has 1 saturated heterocycles. The standard InChI is InChI=1S/C22H32N4O3.HI/c1-3-23-22(24-12-7-14-28-17-19-8-6-15-29-19)25-18-11-13-26(16-18)20-9-4-5-10-21(20)27-2;/h4-6,8-10,15,18H,3,7,11-14,16-17H2,1-2H3,(H2,23,24,25);1H. The van der Waals surface area contributed by atoms with E-state index in [0.29, 0.717) is 19.3 Å². The zero-order valence-corrected chi connectivity index (χ0v) is 20.1. The number of benzene rings is 1. The zero-order valence-electron chi connectivity index (χ0n) is 17.8. The molecule has 8 heteroatoms. The lowest BCUT2D eigenvalue weighted by molar-refractivity contribution is 0.105. The van der Waals surface area contributed by atoms with Gasteiger partial charge < -0.3 is 29.4 Å². The van der Waals surface area contributed by atoms with Gasteiger partial charge in [-0.2, -0.15) is 0 Å². The number of methoxy groups -OCH3 is 1. The Balaban J connectivity index is 0.00000320. The molecule has 0 aliphatic carbocycles. The summed E-state index contributed by atoms with van der Waals surface area (Å²) in [6.45, 7) is 6.74. The van der Waals surface area contributed by atoms with Crippen LogP contribution in [0.5, 0.6) is 5.75 Å². The normalized spacial score (nSPS) is 16.3. The lowest BCUT2D eigenvalue weighted by atomic mass is 10.2. The maximum atomic E-state index is 5.62. The molecule has 1 atom stereocenters. The summed E-state index contributed by atoms with van der Waals surface area (Å²) in [5, 5.41) is 6.91. The third-order valence-electron chi connectivity index (χ3n) is 4.84. The summed E-state index contributed by atoms with van der Waals surface area (Å²) in [5.41, 5.74) is 1.15. The van der Waals surface area contributed by atoms with Gasteiger partial charge in [0.15, 0.2) is 5.96 Å². The Labute approximate surface area is 196 Å². The van der Waals surface area contributed by atoms with Gasteiger partial charge in [0.1, 0.15) is 18.1 Å². The molecule has 0 spiro atoms. The van der Waals surface area contributed by atoms with Gasteiger partial charge in [-0.1, -0.05) is 12.1 Å². The highest BCUT2D eigenvalue weighted by atomic mass is 127. The van der Waals surface area contributed by atoms with E-state index in [4.69, 9.17) is 18.9 Å². The van der Waals surface area contributed by atoms with Crippen molar-refractivity contribution < 1.29 is 13.9 Å². The van der Waals surface area contributed by atoms with E-state index in [1.165, 1.54) is 0 Å². The molecule has 1 aliphatic heterocycles. The minimum atomic E-state index is 0. The van der Waals surface area contributed by atoms with Gasteiger partial charge in [-0.05, 0) is 44.0 Å². The number of nitrogens with zero attached hydrogens (tertiary/aromatic N) is 2. The van der Waals surface area contributed by atoms with E-state index in [9.17, 15) is 0 Å². The number of furan rings is 1. The number of aliphatic imine (C=N–C) groups is 1. The van der Waals surface area contributed by atoms with Gasteiger partial charge in [0.25, 0.3) is 0 Å². The summed E-state index contributed by atoms with van der Waals surface area (Å²) in [5.74, 6) is 2.64. The van der Waals surface area contributed by atoms with Gasteiger partial charge in [-0.3, -0.25) is 4.99 Å². The van der Waals surface area contributed by atoms with Crippen LogP contribution in [0.15, 0.2) is 52.1 Å². The van der Waals surface area contributed by atoms with Crippen molar-refractivity contribution in [2.45, 2.75) is 32.4 Å². The summed E-state index contributed by atoms with van der Waals surface area (Å²) in [4.78, 5) is 7.05. The van der Waals surface area contributed by atoms with Crippen LogP contribution in [0.1, 0.15) is 25.5 Å². The molecule has 7 nitrogen and oxygen atoms in total. The quantitative estimate of drug-likeness (QED) is 0.213. The molecule has 0 radical (unpaired) electrons. The van der Waals surface area contributed by atoms with Gasteiger partial charge in [-0.15, -0.1) is 24.0 Å². The van der Waals surface area contributed by atoms with Crippen LogP contribution < -0.4 is 20.3 Å². The Morgan fingerprint density at radius 1 is 1.27 bits per heavy atom. The monoisotopic (exact) mass is 528 g/mol. The van der Waals surface area contributed by atoms with Gasteiger partial charge in [0.05, 0.1) is 19.1 Å². The van der Waals surface area contributed by atoms with Crippen molar-refractivity contribution in [1.29, 1.82) is 0 Å². The van der Waals surface area contributed by atoms with Crippen LogP contribution in [-0.4, -0.2) is 51.9 Å². The average molecular weight is 528 g/mol. The van der Waals surface area contributed by atoms with Gasteiger partial charge in [-0.25, -0.2) is 0 Å². The summed E-state index contributed by atoms with van der Waals surface area (Å²) in [6.07, 6.45) is 3.60. The molecule has 1 unspecified atom stereocenters. The molecule has 1 aliphatic rings. The molecule has 166 valence electrons. The number of halogens is 1. The van der Waals surface area contributed by atoms with Crippen molar-refractivity contribution >= 4 is 35.6 Å². The first-order valence-corrected chi connectivity index (χ1v) is 10.3. The summed E-state index contributed by atoms with van der Waals surface area (Å²) in [6, 6.07) is 12.3. The molecule has 2 aromatic rings. The number of nitrogens with one attached hydrogen (secondary N) is 2. The number of rotatable bonds is 10. The maximum absolute atomic E-state index is 5.62. The number of para-hydroxylation sites is 2. The highest BCUT2D eigenvalue weighted by molar-refractivity contribution is 14.0. The number of anilines is 1. The Bertz CT molecular complexity index is 755. The van der Waals surface area contributed by atoms with Gasteiger partial charge >= 0.3 is 0 Å². The molecule has 2 heterocycles. The average Bonchev–Trinajstić information content (AvgIpc) is 3.43. The van der Waals surface area contributed by atoms with E-state index >= 15 is 0 Å². The SMILES string of the molecule is CCNC(=NCCCOCc1ccco1)NC1CCN(c2ccccc2OC)C1.I. The van der Waals surface area contributed by atoms with E-state index < -0.39 is 0 Å². The van der Waals surface area contributed by atoms with Crippen molar-refractivity contribution in [1.82, 2.24) is 10.6 Å². The van der Waals surface area contributed by atoms with Crippen molar-refractivity contribution in [3.8, 4) is 5.75 Å². The van der Waals surface area contributed by atoms with Crippen LogP contribution in [0, 0.1) is 0 Å². The molecule has 0 amide bonds. The topological polar surface area (TPSA) is 71.3 Å². The largest absolute Gasteiger partial charge is 0.495 e. The second-order valence-corrected chi connectivity index (χ2v) is 6.99. The number of ether oxygens (including phenoxy) is 2. The van der Waals surface area contributed by atoms with E-state index in [-0.39, 0.29) is 24.0 Å². The number of guanidine groups is 1. The summed E-state index contributed by atoms with van der Waals surface area (Å²) in [7, 11) is 1.72. The Morgan fingerprint density at radius 2 is 2.13 bits per heavy atom. The molecule has 0 saturated carbocycles. The van der Waals surface area contributed by atoms with Crippen molar-refractivity contribution in [2.75, 3.05) is 44.8 Å². The van der Waals surface area contributed by atoms with Crippen LogP contribution in [0.25, 0.3) is 0 Å². The Kier molecular flexibility index (Phi) is 10.9. The van der Waals surface area contributed by atoms with E-state index in [1.807, 2.05) is 24.3 Å². The smallest absolute Gasteiger partial charge is 0.191 e. The lowest BCUT2D eigenvalue weighted by Crippen LogP contribution is -2.44. The summed E-state index contributed by atoms with van der Waals surface area (Å²) < 4.78 is 16.4. The third-order valence-corrected chi connectivity index (χ3v) is 4.84. The molecule has 1 aromatic heterocycles. The summed E-state index contributed by atoms with van der Waals surface area (Å²) >= 11 is 0. The first-order valence-electron chi connectivity index (χ1n) is 10.3. The minimum absolute atomic E-state index is 0. The first kappa shape index (κ1) is 24.3. The highest BCUT2D eigenvalue weighted by Gasteiger charge is 2.25. The van der Waals surface area contributed by atoms with Crippen molar-refractivity contribution in [3.05, 3.63) is 48.4 Å². The van der Waals surface area contributed by atoms with Crippen molar-refractivity contribution in [3.63, 3.8) is 0 Å². The Morgan fingerprint density at radius 3 is 2.90 bits per heavy atom. The van der Waals surface area contributed by atoms with Crippen LogP contribution in [-0.2, 0) is 11.3 Å². The van der Waals surface area contributed by atoms with Gasteiger partial charge in [0.2, 0.25) is 0 Å². The predicted octanol–water partition coefficient (Wildman–Crippen LogP) is 3.65. The molecule has 3 rings (SSSR count). The van der Waals surface area contributed by atoms with Crippen LogP contribution in [0.2, 0.25) is 0 Å². The van der Waals surface area contributed by atoms with E-state index in [1.54, 1.807) is 13.4 Å². The maximum Gasteiger partial charge on any atom is 0.191 e. The van der Waals surface area contributed by atoms with E-state index in [2.05, 4.69) is 34.6 Å². The van der Waals surface area contributed by atoms with E-state index in [0.717, 1.165) is 62.2 Å². The number of hydrogen-bond donors (Lipinski definition) is 2. The second kappa shape index (κ2) is 13.4. The van der Waals surface area contributed by atoms with Crippen LogP contribution >= 0.6 is 24.0 Å². The molecule has 2 N–H and O–H groups in total. The number of hydrogen-bond acceptors (Lipinski definition) is 5. The fourth-order valence-corrected chi connectivity index (χ4v) is 3.43. The van der Waals surface area contributed by atoms with Crippen LogP contribution in [0.3, 0.4) is 0 Å². The second-order valence-electron chi connectivity index (χ2n) is 6.99. The highest BCUT2D eigenvalue weighted by Crippen LogP contribution is 2.30. The fraction of sp³-hybridized carbons (Fsp3) is 0.500. The molecule has 0 bridgehead atoms. The predicted molar refractivity (Wildman–Crippen MR) is 131 cm³/mol. The molecule has 30 heavy (non-hydrogen) atoms.